The molecule has 0 aliphatic heterocycles. The van der Waals surface area contributed by atoms with Gasteiger partial charge in [-0.3, -0.25) is 4.79 Å². The number of hydrogen-bond donors (Lipinski definition) is 1. The summed E-state index contributed by atoms with van der Waals surface area (Å²) in [6, 6.07) is 19.1. The molecule has 0 spiro atoms. The van der Waals surface area contributed by atoms with Gasteiger partial charge in [0.25, 0.3) is 5.91 Å². The van der Waals surface area contributed by atoms with Crippen molar-refractivity contribution < 1.29 is 9.21 Å². The summed E-state index contributed by atoms with van der Waals surface area (Å²) < 4.78 is 8.58. The molecule has 0 aliphatic carbocycles. The van der Waals surface area contributed by atoms with Gasteiger partial charge in [-0.05, 0) is 42.0 Å². The van der Waals surface area contributed by atoms with Crippen LogP contribution in [0.4, 0.5) is 0 Å². The zero-order chi connectivity index (χ0) is 19.3. The van der Waals surface area contributed by atoms with Crippen molar-refractivity contribution in [1.29, 1.82) is 0 Å². The summed E-state index contributed by atoms with van der Waals surface area (Å²) in [5, 5.41) is 6.96. The van der Waals surface area contributed by atoms with Crippen molar-refractivity contribution in [3.63, 3.8) is 0 Å². The first-order valence-corrected chi connectivity index (χ1v) is 9.51. The molecule has 0 unspecified atom stereocenters. The smallest absolute Gasteiger partial charge is 0.251 e. The quantitative estimate of drug-likeness (QED) is 0.489. The highest BCUT2D eigenvalue weighted by atomic mass is 79.9. The molecule has 4 aromatic rings. The Morgan fingerprint density at radius 2 is 1.82 bits per heavy atom. The average Bonchev–Trinajstić information content (AvgIpc) is 3.39. The second kappa shape index (κ2) is 8.22. The molecule has 7 heteroatoms. The predicted molar refractivity (Wildman–Crippen MR) is 109 cm³/mol. The van der Waals surface area contributed by atoms with Crippen molar-refractivity contribution >= 4 is 21.8 Å². The molecule has 0 aliphatic rings. The zero-order valence-electron chi connectivity index (χ0n) is 14.9. The number of furan rings is 1. The molecule has 0 atom stereocenters. The lowest BCUT2D eigenvalue weighted by Gasteiger charge is -2.05. The van der Waals surface area contributed by atoms with Crippen LogP contribution in [0.25, 0.3) is 11.3 Å². The molecule has 4 rings (SSSR count). The Morgan fingerprint density at radius 1 is 1.04 bits per heavy atom. The molecule has 6 nitrogen and oxygen atoms in total. The normalized spacial score (nSPS) is 10.8. The topological polar surface area (TPSA) is 73.0 Å². The number of nitrogens with one attached hydrogen (secondary N) is 1. The maximum Gasteiger partial charge on any atom is 0.251 e. The van der Waals surface area contributed by atoms with Gasteiger partial charge in [-0.15, -0.1) is 0 Å². The molecule has 0 fully saturated rings. The van der Waals surface area contributed by atoms with Gasteiger partial charge < -0.3 is 9.73 Å². The first-order valence-electron chi connectivity index (χ1n) is 8.71. The van der Waals surface area contributed by atoms with Crippen LogP contribution in [0.2, 0.25) is 0 Å². The standard InChI is InChI=1S/C21H17BrN4O2/c22-18-7-5-16(6-8-18)20-10-9-19(28-20)11-24-21(27)17-3-1-15(2-4-17)12-26-14-23-13-25-26/h1-10,13-14H,11-12H2,(H,24,27). The summed E-state index contributed by atoms with van der Waals surface area (Å²) in [5.41, 5.74) is 2.64. The number of carbonyl (C=O) groups is 1. The zero-order valence-corrected chi connectivity index (χ0v) is 16.5. The third-order valence-corrected chi connectivity index (χ3v) is 4.77. The van der Waals surface area contributed by atoms with E-state index in [2.05, 4.69) is 31.3 Å². The van der Waals surface area contributed by atoms with Gasteiger partial charge in [0.05, 0.1) is 13.1 Å². The highest BCUT2D eigenvalue weighted by Crippen LogP contribution is 2.24. The van der Waals surface area contributed by atoms with E-state index in [1.807, 2.05) is 48.5 Å². The van der Waals surface area contributed by atoms with E-state index in [0.29, 0.717) is 24.4 Å². The maximum atomic E-state index is 12.4. The van der Waals surface area contributed by atoms with Crippen molar-refractivity contribution in [2.24, 2.45) is 0 Å². The van der Waals surface area contributed by atoms with E-state index in [-0.39, 0.29) is 5.91 Å². The Labute approximate surface area is 170 Å². The number of benzene rings is 2. The number of rotatable bonds is 6. The molecule has 1 N–H and O–H groups in total. The maximum absolute atomic E-state index is 12.4. The van der Waals surface area contributed by atoms with E-state index >= 15 is 0 Å². The molecule has 2 aromatic heterocycles. The highest BCUT2D eigenvalue weighted by molar-refractivity contribution is 9.10. The number of aromatic nitrogens is 3. The van der Waals surface area contributed by atoms with Crippen LogP contribution in [-0.4, -0.2) is 20.7 Å². The molecule has 2 heterocycles. The molecule has 0 bridgehead atoms. The molecular formula is C21H17BrN4O2. The van der Waals surface area contributed by atoms with Crippen LogP contribution in [-0.2, 0) is 13.1 Å². The lowest BCUT2D eigenvalue weighted by Crippen LogP contribution is -2.22. The van der Waals surface area contributed by atoms with E-state index in [1.165, 1.54) is 6.33 Å². The Kier molecular flexibility index (Phi) is 5.34. The predicted octanol–water partition coefficient (Wildman–Crippen LogP) is 4.28. The molecule has 0 saturated carbocycles. The fraction of sp³-hybridized carbons (Fsp3) is 0.0952. The van der Waals surface area contributed by atoms with Gasteiger partial charge in [-0.2, -0.15) is 5.10 Å². The molecular weight excluding hydrogens is 420 g/mol. The summed E-state index contributed by atoms with van der Waals surface area (Å²) in [6.07, 6.45) is 3.16. The van der Waals surface area contributed by atoms with Crippen LogP contribution >= 0.6 is 15.9 Å². The van der Waals surface area contributed by atoms with Gasteiger partial charge in [0, 0.05) is 15.6 Å². The minimum Gasteiger partial charge on any atom is -0.459 e. The molecule has 28 heavy (non-hydrogen) atoms. The first-order chi connectivity index (χ1) is 13.7. The van der Waals surface area contributed by atoms with Crippen molar-refractivity contribution in [3.8, 4) is 11.3 Å². The van der Waals surface area contributed by atoms with Crippen molar-refractivity contribution in [2.45, 2.75) is 13.1 Å². The van der Waals surface area contributed by atoms with Gasteiger partial charge in [0.15, 0.2) is 0 Å². The summed E-state index contributed by atoms with van der Waals surface area (Å²) in [6.45, 7) is 0.948. The van der Waals surface area contributed by atoms with Gasteiger partial charge >= 0.3 is 0 Å². The molecule has 0 saturated heterocycles. The van der Waals surface area contributed by atoms with Crippen LogP contribution in [0.1, 0.15) is 21.7 Å². The molecule has 140 valence electrons. The van der Waals surface area contributed by atoms with Gasteiger partial charge in [0.2, 0.25) is 0 Å². The van der Waals surface area contributed by atoms with Crippen molar-refractivity contribution in [2.75, 3.05) is 0 Å². The van der Waals surface area contributed by atoms with E-state index < -0.39 is 0 Å². The van der Waals surface area contributed by atoms with Gasteiger partial charge in [-0.1, -0.05) is 40.2 Å². The Hall–Kier alpha value is -3.19. The third kappa shape index (κ3) is 4.37. The van der Waals surface area contributed by atoms with Crippen LogP contribution in [0.15, 0.2) is 82.2 Å². The monoisotopic (exact) mass is 436 g/mol. The second-order valence-corrected chi connectivity index (χ2v) is 7.16. The van der Waals surface area contributed by atoms with Crippen LogP contribution < -0.4 is 5.32 Å². The Morgan fingerprint density at radius 3 is 2.54 bits per heavy atom. The largest absolute Gasteiger partial charge is 0.459 e. The summed E-state index contributed by atoms with van der Waals surface area (Å²) in [4.78, 5) is 16.3. The summed E-state index contributed by atoms with van der Waals surface area (Å²) in [7, 11) is 0. The minimum absolute atomic E-state index is 0.145. The van der Waals surface area contributed by atoms with Crippen LogP contribution in [0.3, 0.4) is 0 Å². The fourth-order valence-electron chi connectivity index (χ4n) is 2.77. The van der Waals surface area contributed by atoms with E-state index in [4.69, 9.17) is 4.42 Å². The molecule has 2 aromatic carbocycles. The third-order valence-electron chi connectivity index (χ3n) is 4.24. The fourth-order valence-corrected chi connectivity index (χ4v) is 3.04. The average molecular weight is 437 g/mol. The number of hydrogen-bond acceptors (Lipinski definition) is 4. The second-order valence-electron chi connectivity index (χ2n) is 6.25. The number of nitrogens with zero attached hydrogens (tertiary/aromatic N) is 3. The summed E-state index contributed by atoms with van der Waals surface area (Å²) >= 11 is 3.42. The number of carbonyl (C=O) groups excluding carboxylic acids is 1. The van der Waals surface area contributed by atoms with E-state index in [0.717, 1.165) is 21.4 Å². The Balaban J connectivity index is 1.34. The number of amides is 1. The van der Waals surface area contributed by atoms with Crippen LogP contribution in [0.5, 0.6) is 0 Å². The SMILES string of the molecule is O=C(NCc1ccc(-c2ccc(Br)cc2)o1)c1ccc(Cn2cncn2)cc1. The van der Waals surface area contributed by atoms with Gasteiger partial charge in [-0.25, -0.2) is 9.67 Å². The molecule has 1 amide bonds. The highest BCUT2D eigenvalue weighted by Gasteiger charge is 2.09. The van der Waals surface area contributed by atoms with E-state index in [1.54, 1.807) is 23.1 Å². The van der Waals surface area contributed by atoms with E-state index in [9.17, 15) is 4.79 Å². The first kappa shape index (κ1) is 18.2. The minimum atomic E-state index is -0.145. The van der Waals surface area contributed by atoms with Crippen molar-refractivity contribution in [1.82, 2.24) is 20.1 Å². The van der Waals surface area contributed by atoms with Crippen molar-refractivity contribution in [3.05, 3.63) is 94.7 Å². The Bertz CT molecular complexity index is 1050. The lowest BCUT2D eigenvalue weighted by molar-refractivity contribution is 0.0948. The van der Waals surface area contributed by atoms with Gasteiger partial charge in [0.1, 0.15) is 24.2 Å². The number of halogens is 1. The van der Waals surface area contributed by atoms with Crippen LogP contribution in [0, 0.1) is 0 Å². The lowest BCUT2D eigenvalue weighted by atomic mass is 10.1. The summed E-state index contributed by atoms with van der Waals surface area (Å²) in [5.74, 6) is 1.33. The molecule has 0 radical (unpaired) electrons.